The Morgan fingerprint density at radius 1 is 1.07 bits per heavy atom. The fraction of sp³-hybridized carbons (Fsp3) is 0.500. The lowest BCUT2D eigenvalue weighted by atomic mass is 10.1. The smallest absolute Gasteiger partial charge is 0.238 e. The zero-order valence-electron chi connectivity index (χ0n) is 17.1. The molecule has 0 saturated carbocycles. The van der Waals surface area contributed by atoms with Gasteiger partial charge in [-0.2, -0.15) is 0 Å². The van der Waals surface area contributed by atoms with Gasteiger partial charge in [-0.3, -0.25) is 4.79 Å². The topological polar surface area (TPSA) is 59.6 Å². The van der Waals surface area contributed by atoms with E-state index in [2.05, 4.69) is 63.1 Å². The number of carbonyl (C=O) groups is 1. The van der Waals surface area contributed by atoms with E-state index in [1.165, 1.54) is 16.1 Å². The Morgan fingerprint density at radius 2 is 1.79 bits per heavy atom. The summed E-state index contributed by atoms with van der Waals surface area (Å²) in [6, 6.07) is 13.3. The Morgan fingerprint density at radius 3 is 2.52 bits per heavy atom. The van der Waals surface area contributed by atoms with E-state index in [1.807, 2.05) is 6.07 Å². The highest BCUT2D eigenvalue weighted by molar-refractivity contribution is 7.19. The number of piperidine rings is 1. The Hall–Kier alpha value is -1.93. The summed E-state index contributed by atoms with van der Waals surface area (Å²) >= 11 is 1.63. The molecular formula is C22H31N5OS. The number of thiophene rings is 1. The maximum absolute atomic E-state index is 12.3. The van der Waals surface area contributed by atoms with Crippen molar-refractivity contribution in [3.05, 3.63) is 36.4 Å². The molecule has 0 aliphatic carbocycles. The minimum absolute atomic E-state index is 0.0300. The van der Waals surface area contributed by atoms with Crippen LogP contribution in [0.4, 0.5) is 10.7 Å². The molecule has 156 valence electrons. The van der Waals surface area contributed by atoms with Gasteiger partial charge < -0.3 is 25.8 Å². The molecule has 2 aliphatic rings. The molecule has 7 heteroatoms. The van der Waals surface area contributed by atoms with Crippen LogP contribution in [0.15, 0.2) is 36.4 Å². The number of nitrogens with one attached hydrogen (secondary N) is 3. The summed E-state index contributed by atoms with van der Waals surface area (Å²) in [6.45, 7) is 6.82. The zero-order valence-corrected chi connectivity index (χ0v) is 17.9. The number of hydrogen-bond donors (Lipinski definition) is 3. The van der Waals surface area contributed by atoms with Crippen molar-refractivity contribution in [1.82, 2.24) is 15.5 Å². The lowest BCUT2D eigenvalue weighted by Gasteiger charge is -2.34. The summed E-state index contributed by atoms with van der Waals surface area (Å²) in [4.78, 5) is 18.2. The molecule has 3 heterocycles. The van der Waals surface area contributed by atoms with Crippen LogP contribution in [0, 0.1) is 0 Å². The van der Waals surface area contributed by atoms with Crippen molar-refractivity contribution in [2.45, 2.75) is 18.9 Å². The summed E-state index contributed by atoms with van der Waals surface area (Å²) in [5, 5.41) is 10.6. The predicted molar refractivity (Wildman–Crippen MR) is 122 cm³/mol. The van der Waals surface area contributed by atoms with Gasteiger partial charge in [-0.25, -0.2) is 0 Å². The first kappa shape index (κ1) is 20.3. The van der Waals surface area contributed by atoms with Crippen LogP contribution in [0.1, 0.15) is 12.8 Å². The number of amides is 1. The van der Waals surface area contributed by atoms with Crippen LogP contribution in [-0.4, -0.2) is 69.7 Å². The molecule has 1 aromatic carbocycles. The van der Waals surface area contributed by atoms with Gasteiger partial charge in [0, 0.05) is 42.8 Å². The van der Waals surface area contributed by atoms with Crippen molar-refractivity contribution in [2.75, 3.05) is 63.1 Å². The molecule has 6 nitrogen and oxygen atoms in total. The Balaban J connectivity index is 1.29. The molecule has 29 heavy (non-hydrogen) atoms. The van der Waals surface area contributed by atoms with Crippen molar-refractivity contribution < 1.29 is 4.79 Å². The maximum Gasteiger partial charge on any atom is 0.238 e. The summed E-state index contributed by atoms with van der Waals surface area (Å²) in [5.74, 6) is 0.0300. The van der Waals surface area contributed by atoms with Gasteiger partial charge in [0.2, 0.25) is 5.91 Å². The lowest BCUT2D eigenvalue weighted by Crippen LogP contribution is -2.44. The normalized spacial score (nSPS) is 18.7. The average molecular weight is 414 g/mol. The van der Waals surface area contributed by atoms with Gasteiger partial charge in [-0.15, -0.1) is 11.3 Å². The number of hydrogen-bond acceptors (Lipinski definition) is 6. The predicted octanol–water partition coefficient (Wildman–Crippen LogP) is 2.45. The van der Waals surface area contributed by atoms with E-state index in [9.17, 15) is 4.79 Å². The largest absolute Gasteiger partial charge is 0.369 e. The number of benzene rings is 1. The van der Waals surface area contributed by atoms with Crippen LogP contribution < -0.4 is 20.9 Å². The highest BCUT2D eigenvalue weighted by Gasteiger charge is 2.15. The quantitative estimate of drug-likeness (QED) is 0.679. The number of likely N-dealkylation sites (N-methyl/N-ethyl adjacent to an activating group) is 1. The molecule has 0 radical (unpaired) electrons. The van der Waals surface area contributed by atoms with Crippen LogP contribution in [0.3, 0.4) is 0 Å². The molecule has 0 atom stereocenters. The highest BCUT2D eigenvalue weighted by Crippen LogP contribution is 2.32. The fourth-order valence-electron chi connectivity index (χ4n) is 3.91. The molecular weight excluding hydrogens is 382 g/mol. The number of carbonyl (C=O) groups excluding carboxylic acids is 1. The van der Waals surface area contributed by atoms with Gasteiger partial charge in [0.1, 0.15) is 0 Å². The second kappa shape index (κ2) is 9.71. The van der Waals surface area contributed by atoms with Crippen LogP contribution in [-0.2, 0) is 4.79 Å². The summed E-state index contributed by atoms with van der Waals surface area (Å²) < 4.78 is 0. The molecule has 0 bridgehead atoms. The van der Waals surface area contributed by atoms with E-state index in [0.717, 1.165) is 57.1 Å². The van der Waals surface area contributed by atoms with Crippen molar-refractivity contribution >= 4 is 27.9 Å². The third-order valence-electron chi connectivity index (χ3n) is 5.78. The summed E-state index contributed by atoms with van der Waals surface area (Å²) in [7, 11) is 2.18. The van der Waals surface area contributed by atoms with E-state index in [4.69, 9.17) is 0 Å². The Bertz CT molecular complexity index is 792. The van der Waals surface area contributed by atoms with Gasteiger partial charge in [-0.1, -0.05) is 12.1 Å². The first-order chi connectivity index (χ1) is 14.2. The molecule has 4 rings (SSSR count). The summed E-state index contributed by atoms with van der Waals surface area (Å²) in [5.41, 5.74) is 2.48. The molecule has 2 aliphatic heterocycles. The van der Waals surface area contributed by atoms with Gasteiger partial charge in [0.25, 0.3) is 0 Å². The first-order valence-electron chi connectivity index (χ1n) is 10.5. The maximum atomic E-state index is 12.3. The molecule has 2 aromatic rings. The number of anilines is 2. The molecule has 1 aromatic heterocycles. The molecule has 0 unspecified atom stereocenters. The molecule has 1 amide bonds. The highest BCUT2D eigenvalue weighted by atomic mass is 32.1. The Kier molecular flexibility index (Phi) is 6.82. The van der Waals surface area contributed by atoms with Gasteiger partial charge in [-0.05, 0) is 62.8 Å². The van der Waals surface area contributed by atoms with Crippen molar-refractivity contribution in [1.29, 1.82) is 0 Å². The SMILES string of the molecule is CN1CCN(c2ccc(-c3ccc(NC(=O)CNC4CCNCC4)s3)cc2)CC1. The fourth-order valence-corrected chi connectivity index (χ4v) is 4.83. The average Bonchev–Trinajstić information content (AvgIpc) is 3.22. The minimum Gasteiger partial charge on any atom is -0.369 e. The van der Waals surface area contributed by atoms with E-state index >= 15 is 0 Å². The van der Waals surface area contributed by atoms with Crippen LogP contribution in [0.5, 0.6) is 0 Å². The summed E-state index contributed by atoms with van der Waals surface area (Å²) in [6.07, 6.45) is 2.17. The number of nitrogens with zero attached hydrogens (tertiary/aromatic N) is 2. The van der Waals surface area contributed by atoms with E-state index in [0.29, 0.717) is 12.6 Å². The van der Waals surface area contributed by atoms with Crippen molar-refractivity contribution in [2.24, 2.45) is 0 Å². The number of rotatable bonds is 6. The van der Waals surface area contributed by atoms with Crippen LogP contribution in [0.25, 0.3) is 10.4 Å². The minimum atomic E-state index is 0.0300. The van der Waals surface area contributed by atoms with E-state index < -0.39 is 0 Å². The third kappa shape index (κ3) is 5.57. The zero-order chi connectivity index (χ0) is 20.1. The first-order valence-corrected chi connectivity index (χ1v) is 11.4. The Labute approximate surface area is 177 Å². The van der Waals surface area contributed by atoms with Crippen molar-refractivity contribution in [3.63, 3.8) is 0 Å². The van der Waals surface area contributed by atoms with Crippen molar-refractivity contribution in [3.8, 4) is 10.4 Å². The second-order valence-corrected chi connectivity index (χ2v) is 9.04. The third-order valence-corrected chi connectivity index (χ3v) is 6.83. The van der Waals surface area contributed by atoms with E-state index in [1.54, 1.807) is 11.3 Å². The number of piperazine rings is 1. The molecule has 0 spiro atoms. The van der Waals surface area contributed by atoms with Crippen LogP contribution >= 0.6 is 11.3 Å². The molecule has 2 saturated heterocycles. The van der Waals surface area contributed by atoms with Gasteiger partial charge in [0.15, 0.2) is 0 Å². The lowest BCUT2D eigenvalue weighted by molar-refractivity contribution is -0.115. The monoisotopic (exact) mass is 413 g/mol. The van der Waals surface area contributed by atoms with Gasteiger partial charge in [0.05, 0.1) is 11.5 Å². The van der Waals surface area contributed by atoms with Crippen LogP contribution in [0.2, 0.25) is 0 Å². The standard InChI is InChI=1S/C22H31N5OS/c1-26-12-14-27(15-13-26)19-4-2-17(3-5-19)20-6-7-22(29-20)25-21(28)16-24-18-8-10-23-11-9-18/h2-7,18,23-24H,8-16H2,1H3,(H,25,28). The van der Waals surface area contributed by atoms with E-state index in [-0.39, 0.29) is 5.91 Å². The van der Waals surface area contributed by atoms with Gasteiger partial charge >= 0.3 is 0 Å². The molecule has 2 fully saturated rings. The molecule has 3 N–H and O–H groups in total. The second-order valence-electron chi connectivity index (χ2n) is 7.95.